The van der Waals surface area contributed by atoms with E-state index in [1.807, 2.05) is 18.0 Å². The SMILES string of the molecule is CN(CCC#N)c1cncc(N)c1. The Morgan fingerprint density at radius 1 is 1.62 bits per heavy atom. The van der Waals surface area contributed by atoms with Gasteiger partial charge in [-0.3, -0.25) is 4.98 Å². The third-order valence-corrected chi connectivity index (χ3v) is 1.74. The van der Waals surface area contributed by atoms with E-state index in [0.717, 1.165) is 5.69 Å². The molecule has 0 atom stereocenters. The minimum absolute atomic E-state index is 0.505. The van der Waals surface area contributed by atoms with Crippen LogP contribution in [-0.4, -0.2) is 18.6 Å². The zero-order valence-electron chi connectivity index (χ0n) is 7.57. The fourth-order valence-corrected chi connectivity index (χ4v) is 1.00. The first kappa shape index (κ1) is 9.33. The van der Waals surface area contributed by atoms with Crippen LogP contribution in [0.3, 0.4) is 0 Å². The number of anilines is 2. The first-order chi connectivity index (χ1) is 6.24. The van der Waals surface area contributed by atoms with E-state index in [1.54, 1.807) is 12.4 Å². The van der Waals surface area contributed by atoms with E-state index < -0.39 is 0 Å². The highest BCUT2D eigenvalue weighted by Gasteiger charge is 2.00. The Labute approximate surface area is 77.6 Å². The van der Waals surface area contributed by atoms with Crippen molar-refractivity contribution in [3.05, 3.63) is 18.5 Å². The van der Waals surface area contributed by atoms with Crippen LogP contribution < -0.4 is 10.6 Å². The van der Waals surface area contributed by atoms with Gasteiger partial charge in [0, 0.05) is 19.8 Å². The summed E-state index contributed by atoms with van der Waals surface area (Å²) >= 11 is 0. The molecule has 1 aromatic rings. The Hall–Kier alpha value is -1.76. The van der Waals surface area contributed by atoms with E-state index in [1.165, 1.54) is 0 Å². The Morgan fingerprint density at radius 3 is 3.00 bits per heavy atom. The van der Waals surface area contributed by atoms with Gasteiger partial charge in [-0.2, -0.15) is 5.26 Å². The number of rotatable bonds is 3. The van der Waals surface area contributed by atoms with Gasteiger partial charge in [0.25, 0.3) is 0 Å². The summed E-state index contributed by atoms with van der Waals surface area (Å²) in [5.74, 6) is 0. The average molecular weight is 176 g/mol. The van der Waals surface area contributed by atoms with Crippen LogP contribution in [0.4, 0.5) is 11.4 Å². The molecule has 1 aromatic heterocycles. The van der Waals surface area contributed by atoms with E-state index in [2.05, 4.69) is 11.1 Å². The maximum atomic E-state index is 8.40. The lowest BCUT2D eigenvalue weighted by Crippen LogP contribution is -2.18. The molecule has 0 aliphatic rings. The summed E-state index contributed by atoms with van der Waals surface area (Å²) in [4.78, 5) is 5.91. The summed E-state index contributed by atoms with van der Waals surface area (Å²) in [7, 11) is 1.91. The highest BCUT2D eigenvalue weighted by atomic mass is 15.1. The van der Waals surface area contributed by atoms with E-state index in [4.69, 9.17) is 11.0 Å². The zero-order valence-corrected chi connectivity index (χ0v) is 7.57. The first-order valence-corrected chi connectivity index (χ1v) is 4.02. The molecule has 0 radical (unpaired) electrons. The van der Waals surface area contributed by atoms with Crippen molar-refractivity contribution in [1.82, 2.24) is 4.98 Å². The molecule has 0 saturated carbocycles. The lowest BCUT2D eigenvalue weighted by molar-refractivity contribution is 0.902. The molecule has 68 valence electrons. The molecule has 1 heterocycles. The number of hydrogen-bond acceptors (Lipinski definition) is 4. The van der Waals surface area contributed by atoms with Crippen molar-refractivity contribution in [2.45, 2.75) is 6.42 Å². The zero-order chi connectivity index (χ0) is 9.68. The summed E-state index contributed by atoms with van der Waals surface area (Å²) < 4.78 is 0. The fourth-order valence-electron chi connectivity index (χ4n) is 1.00. The van der Waals surface area contributed by atoms with Gasteiger partial charge < -0.3 is 10.6 Å². The van der Waals surface area contributed by atoms with Crippen molar-refractivity contribution in [2.24, 2.45) is 0 Å². The van der Waals surface area contributed by atoms with Crippen molar-refractivity contribution in [3.63, 3.8) is 0 Å². The van der Waals surface area contributed by atoms with Gasteiger partial charge in [-0.05, 0) is 6.07 Å². The molecule has 0 unspecified atom stereocenters. The minimum atomic E-state index is 0.505. The molecule has 4 heteroatoms. The van der Waals surface area contributed by atoms with Crippen molar-refractivity contribution < 1.29 is 0 Å². The van der Waals surface area contributed by atoms with Crippen molar-refractivity contribution >= 4 is 11.4 Å². The molecular weight excluding hydrogens is 164 g/mol. The summed E-state index contributed by atoms with van der Waals surface area (Å²) in [6.07, 6.45) is 3.83. The predicted molar refractivity (Wildman–Crippen MR) is 52.1 cm³/mol. The van der Waals surface area contributed by atoms with Crippen molar-refractivity contribution in [1.29, 1.82) is 5.26 Å². The quantitative estimate of drug-likeness (QED) is 0.746. The van der Waals surface area contributed by atoms with Gasteiger partial charge in [-0.15, -0.1) is 0 Å². The monoisotopic (exact) mass is 176 g/mol. The number of nitrogen functional groups attached to an aromatic ring is 1. The van der Waals surface area contributed by atoms with Gasteiger partial charge in [0.1, 0.15) is 0 Å². The third kappa shape index (κ3) is 2.64. The molecule has 0 saturated heterocycles. The van der Waals surface area contributed by atoms with E-state index in [-0.39, 0.29) is 0 Å². The third-order valence-electron chi connectivity index (χ3n) is 1.74. The molecule has 0 fully saturated rings. The highest BCUT2D eigenvalue weighted by Crippen LogP contribution is 2.13. The second-order valence-electron chi connectivity index (χ2n) is 2.81. The van der Waals surface area contributed by atoms with Gasteiger partial charge >= 0.3 is 0 Å². The van der Waals surface area contributed by atoms with Crippen LogP contribution in [0, 0.1) is 11.3 Å². The number of nitriles is 1. The molecular formula is C9H12N4. The summed E-state index contributed by atoms with van der Waals surface area (Å²) in [5.41, 5.74) is 7.15. The molecule has 0 amide bonds. The van der Waals surface area contributed by atoms with Gasteiger partial charge in [0.2, 0.25) is 0 Å². The molecule has 2 N–H and O–H groups in total. The van der Waals surface area contributed by atoms with Crippen LogP contribution in [0.5, 0.6) is 0 Å². The Bertz CT molecular complexity index is 316. The Morgan fingerprint density at radius 2 is 2.38 bits per heavy atom. The van der Waals surface area contributed by atoms with E-state index in [9.17, 15) is 0 Å². The number of aromatic nitrogens is 1. The van der Waals surface area contributed by atoms with Gasteiger partial charge in [0.15, 0.2) is 0 Å². The molecule has 1 rings (SSSR count). The van der Waals surface area contributed by atoms with Gasteiger partial charge in [-0.25, -0.2) is 0 Å². The number of nitrogens with zero attached hydrogens (tertiary/aromatic N) is 3. The number of hydrogen-bond donors (Lipinski definition) is 1. The van der Waals surface area contributed by atoms with Crippen LogP contribution in [0.25, 0.3) is 0 Å². The van der Waals surface area contributed by atoms with Crippen LogP contribution in [0.1, 0.15) is 6.42 Å². The smallest absolute Gasteiger partial charge is 0.0640 e. The lowest BCUT2D eigenvalue weighted by Gasteiger charge is -2.17. The minimum Gasteiger partial charge on any atom is -0.397 e. The first-order valence-electron chi connectivity index (χ1n) is 4.02. The van der Waals surface area contributed by atoms with Gasteiger partial charge in [0.05, 0.1) is 30.1 Å². The van der Waals surface area contributed by atoms with E-state index in [0.29, 0.717) is 18.7 Å². The normalized spacial score (nSPS) is 9.23. The van der Waals surface area contributed by atoms with Crippen LogP contribution in [0.2, 0.25) is 0 Å². The average Bonchev–Trinajstić information content (AvgIpc) is 2.14. The second-order valence-corrected chi connectivity index (χ2v) is 2.81. The fraction of sp³-hybridized carbons (Fsp3) is 0.333. The molecule has 0 aromatic carbocycles. The maximum absolute atomic E-state index is 8.40. The largest absolute Gasteiger partial charge is 0.397 e. The lowest BCUT2D eigenvalue weighted by atomic mass is 10.3. The van der Waals surface area contributed by atoms with Crippen LogP contribution >= 0.6 is 0 Å². The summed E-state index contributed by atoms with van der Waals surface area (Å²) in [6.45, 7) is 0.696. The van der Waals surface area contributed by atoms with E-state index >= 15 is 0 Å². The van der Waals surface area contributed by atoms with Gasteiger partial charge in [-0.1, -0.05) is 0 Å². The molecule has 4 nitrogen and oxygen atoms in total. The summed E-state index contributed by atoms with van der Waals surface area (Å²) in [5, 5.41) is 8.40. The molecule has 0 bridgehead atoms. The van der Waals surface area contributed by atoms with Crippen molar-refractivity contribution in [3.8, 4) is 6.07 Å². The topological polar surface area (TPSA) is 65.9 Å². The van der Waals surface area contributed by atoms with Crippen LogP contribution in [-0.2, 0) is 0 Å². The Kier molecular flexibility index (Phi) is 3.09. The predicted octanol–water partition coefficient (Wildman–Crippen LogP) is 1.01. The Balaban J connectivity index is 2.66. The number of nitrogens with two attached hydrogens (primary N) is 1. The maximum Gasteiger partial charge on any atom is 0.0640 e. The summed E-state index contributed by atoms with van der Waals surface area (Å²) in [6, 6.07) is 3.93. The molecule has 0 aliphatic heterocycles. The van der Waals surface area contributed by atoms with Crippen molar-refractivity contribution in [2.75, 3.05) is 24.2 Å². The number of pyridine rings is 1. The second kappa shape index (κ2) is 4.31. The molecule has 0 aliphatic carbocycles. The standard InChI is InChI=1S/C9H12N4/c1-13(4-2-3-10)9-5-8(11)6-12-7-9/h5-7H,2,4,11H2,1H3. The van der Waals surface area contributed by atoms with Crippen LogP contribution in [0.15, 0.2) is 18.5 Å². The molecule has 0 spiro atoms. The highest BCUT2D eigenvalue weighted by molar-refractivity contribution is 5.52. The molecule has 13 heavy (non-hydrogen) atoms.